The Bertz CT molecular complexity index is 1650. The standard InChI is InChI=1S/C25H23N7O4/c1-25(2,36)23(34)31-10-8-15(9-11-31)32-21-16(22(33)30-24(32)35)13-27-18-6-5-17(29-20(18)21)14-4-7-19(26-3)28-12-14/h4-7,12-13,15,36H,8-11H2,1-2H3,(H,30,33,35). The fourth-order valence-electron chi connectivity index (χ4n) is 4.62. The van der Waals surface area contributed by atoms with Gasteiger partial charge in [0.15, 0.2) is 0 Å². The van der Waals surface area contributed by atoms with E-state index >= 15 is 0 Å². The smallest absolute Gasteiger partial charge is 0.329 e. The number of nitrogens with one attached hydrogen (secondary N) is 1. The summed E-state index contributed by atoms with van der Waals surface area (Å²) in [5.74, 6) is -0.0973. The summed E-state index contributed by atoms with van der Waals surface area (Å²) in [6.45, 7) is 10.7. The second kappa shape index (κ2) is 8.66. The van der Waals surface area contributed by atoms with E-state index in [1.54, 1.807) is 39.9 Å². The highest BCUT2D eigenvalue weighted by Gasteiger charge is 2.33. The number of likely N-dealkylation sites (tertiary alicyclic amines) is 1. The molecule has 1 saturated heterocycles. The first-order valence-corrected chi connectivity index (χ1v) is 11.5. The lowest BCUT2D eigenvalue weighted by molar-refractivity contribution is -0.149. The van der Waals surface area contributed by atoms with Gasteiger partial charge in [0, 0.05) is 30.9 Å². The molecule has 0 bridgehead atoms. The van der Waals surface area contributed by atoms with Crippen molar-refractivity contribution in [3.8, 4) is 11.3 Å². The monoisotopic (exact) mass is 485 g/mol. The highest BCUT2D eigenvalue weighted by atomic mass is 16.3. The first-order chi connectivity index (χ1) is 17.2. The number of hydrogen-bond donors (Lipinski definition) is 2. The molecular weight excluding hydrogens is 462 g/mol. The van der Waals surface area contributed by atoms with Gasteiger partial charge in [0.05, 0.1) is 22.1 Å². The summed E-state index contributed by atoms with van der Waals surface area (Å²) in [4.78, 5) is 58.8. The topological polar surface area (TPSA) is 138 Å². The number of fused-ring (bicyclic) bond motifs is 3. The maximum absolute atomic E-state index is 13.1. The van der Waals surface area contributed by atoms with Gasteiger partial charge < -0.3 is 14.9 Å². The number of H-pyrrole nitrogens is 1. The molecule has 1 fully saturated rings. The second-order valence-electron chi connectivity index (χ2n) is 9.31. The van der Waals surface area contributed by atoms with Crippen LogP contribution in [0.4, 0.5) is 5.82 Å². The molecule has 182 valence electrons. The van der Waals surface area contributed by atoms with Crippen molar-refractivity contribution in [1.29, 1.82) is 0 Å². The molecule has 0 aliphatic carbocycles. The summed E-state index contributed by atoms with van der Waals surface area (Å²) in [5.41, 5.74) is -0.0352. The summed E-state index contributed by atoms with van der Waals surface area (Å²) in [7, 11) is 0. The number of amides is 1. The van der Waals surface area contributed by atoms with Gasteiger partial charge in [-0.05, 0) is 44.9 Å². The van der Waals surface area contributed by atoms with Gasteiger partial charge in [0.2, 0.25) is 0 Å². The van der Waals surface area contributed by atoms with E-state index in [2.05, 4.69) is 19.8 Å². The van der Waals surface area contributed by atoms with Gasteiger partial charge in [0.1, 0.15) is 17.3 Å². The van der Waals surface area contributed by atoms with E-state index in [0.717, 1.165) is 0 Å². The van der Waals surface area contributed by atoms with Crippen LogP contribution >= 0.6 is 0 Å². The van der Waals surface area contributed by atoms with Crippen LogP contribution in [-0.4, -0.2) is 59.1 Å². The largest absolute Gasteiger partial charge is 0.381 e. The minimum absolute atomic E-state index is 0.239. The number of aromatic nitrogens is 5. The van der Waals surface area contributed by atoms with E-state index in [-0.39, 0.29) is 23.2 Å². The Morgan fingerprint density at radius 3 is 2.53 bits per heavy atom. The number of aromatic amines is 1. The minimum Gasteiger partial charge on any atom is -0.381 e. The van der Waals surface area contributed by atoms with Crippen LogP contribution in [0.5, 0.6) is 0 Å². The number of pyridine rings is 3. The molecule has 0 aromatic carbocycles. The summed E-state index contributed by atoms with van der Waals surface area (Å²) < 4.78 is 1.55. The fraction of sp³-hybridized carbons (Fsp3) is 0.320. The Labute approximate surface area is 204 Å². The molecule has 11 heteroatoms. The van der Waals surface area contributed by atoms with E-state index in [4.69, 9.17) is 11.6 Å². The molecule has 4 aromatic rings. The molecule has 36 heavy (non-hydrogen) atoms. The van der Waals surface area contributed by atoms with Crippen molar-refractivity contribution in [3.63, 3.8) is 0 Å². The minimum atomic E-state index is -1.47. The van der Waals surface area contributed by atoms with Crippen molar-refractivity contribution in [3.05, 3.63) is 68.9 Å². The molecule has 4 aromatic heterocycles. The third-order valence-corrected chi connectivity index (χ3v) is 6.41. The van der Waals surface area contributed by atoms with Crippen molar-refractivity contribution >= 4 is 33.7 Å². The molecule has 2 N–H and O–H groups in total. The van der Waals surface area contributed by atoms with E-state index < -0.39 is 16.9 Å². The van der Waals surface area contributed by atoms with Crippen LogP contribution in [0.3, 0.4) is 0 Å². The maximum atomic E-state index is 13.1. The van der Waals surface area contributed by atoms with Crippen LogP contribution in [-0.2, 0) is 4.79 Å². The molecule has 5 rings (SSSR count). The number of rotatable bonds is 3. The molecule has 0 unspecified atom stereocenters. The Balaban J connectivity index is 1.64. The Morgan fingerprint density at radius 2 is 1.89 bits per heavy atom. The van der Waals surface area contributed by atoms with Crippen LogP contribution in [0.15, 0.2) is 46.2 Å². The van der Waals surface area contributed by atoms with E-state index in [9.17, 15) is 19.5 Å². The average Bonchev–Trinajstić information content (AvgIpc) is 2.87. The molecule has 0 atom stereocenters. The molecule has 1 amide bonds. The average molecular weight is 486 g/mol. The SMILES string of the molecule is [C-]#[N+]c1ccc(-c2ccc3ncc4c(=O)[nH]c(=O)n(C5CCN(C(=O)C(C)(C)O)CC5)c4c3n2)cn1. The molecule has 0 radical (unpaired) electrons. The lowest BCUT2D eigenvalue weighted by Gasteiger charge is -2.36. The molecule has 5 heterocycles. The Morgan fingerprint density at radius 1 is 1.14 bits per heavy atom. The lowest BCUT2D eigenvalue weighted by atomic mass is 10.0. The Hall–Kier alpha value is -4.43. The predicted octanol–water partition coefficient (Wildman–Crippen LogP) is 2.18. The number of carbonyl (C=O) groups is 1. The summed E-state index contributed by atoms with van der Waals surface area (Å²) in [5, 5.41) is 10.3. The molecular formula is C25H23N7O4. The van der Waals surface area contributed by atoms with Crippen molar-refractivity contribution in [2.45, 2.75) is 38.3 Å². The van der Waals surface area contributed by atoms with Crippen LogP contribution < -0.4 is 11.2 Å². The summed E-state index contributed by atoms with van der Waals surface area (Å²) in [6.07, 6.45) is 3.92. The zero-order valence-corrected chi connectivity index (χ0v) is 19.7. The third-order valence-electron chi connectivity index (χ3n) is 6.41. The summed E-state index contributed by atoms with van der Waals surface area (Å²) in [6, 6.07) is 6.58. The van der Waals surface area contributed by atoms with Crippen molar-refractivity contribution in [2.24, 2.45) is 0 Å². The van der Waals surface area contributed by atoms with Crippen LogP contribution in [0.1, 0.15) is 32.7 Å². The lowest BCUT2D eigenvalue weighted by Crippen LogP contribution is -2.49. The maximum Gasteiger partial charge on any atom is 0.329 e. The van der Waals surface area contributed by atoms with Crippen molar-refractivity contribution in [1.82, 2.24) is 29.4 Å². The molecule has 1 aliphatic heterocycles. The highest BCUT2D eigenvalue weighted by Crippen LogP contribution is 2.29. The predicted molar refractivity (Wildman–Crippen MR) is 133 cm³/mol. The van der Waals surface area contributed by atoms with Gasteiger partial charge >= 0.3 is 5.69 Å². The van der Waals surface area contributed by atoms with Gasteiger partial charge in [0.25, 0.3) is 17.3 Å². The number of carbonyl (C=O) groups excluding carboxylic acids is 1. The Kier molecular flexibility index (Phi) is 5.61. The highest BCUT2D eigenvalue weighted by molar-refractivity contribution is 6.01. The molecule has 0 saturated carbocycles. The van der Waals surface area contributed by atoms with Gasteiger partial charge in [-0.25, -0.2) is 9.78 Å². The third kappa shape index (κ3) is 4.01. The second-order valence-corrected chi connectivity index (χ2v) is 9.31. The van der Waals surface area contributed by atoms with Crippen LogP contribution in [0.25, 0.3) is 38.0 Å². The van der Waals surface area contributed by atoms with Gasteiger partial charge in [-0.3, -0.25) is 24.1 Å². The zero-order valence-electron chi connectivity index (χ0n) is 19.7. The molecule has 0 spiro atoms. The van der Waals surface area contributed by atoms with Crippen LogP contribution in [0, 0.1) is 6.57 Å². The van der Waals surface area contributed by atoms with E-state index in [1.165, 1.54) is 20.0 Å². The number of nitrogens with zero attached hydrogens (tertiary/aromatic N) is 6. The first-order valence-electron chi connectivity index (χ1n) is 11.5. The number of piperidine rings is 1. The van der Waals surface area contributed by atoms with Gasteiger partial charge in [-0.2, -0.15) is 0 Å². The van der Waals surface area contributed by atoms with Crippen molar-refractivity contribution in [2.75, 3.05) is 13.1 Å². The van der Waals surface area contributed by atoms with E-state index in [0.29, 0.717) is 53.7 Å². The van der Waals surface area contributed by atoms with Crippen LogP contribution in [0.2, 0.25) is 0 Å². The van der Waals surface area contributed by atoms with Gasteiger partial charge in [-0.15, -0.1) is 4.98 Å². The molecule has 11 nitrogen and oxygen atoms in total. The molecule has 1 aliphatic rings. The zero-order chi connectivity index (χ0) is 25.6. The number of hydrogen-bond acceptors (Lipinski definition) is 7. The first kappa shape index (κ1) is 23.3. The van der Waals surface area contributed by atoms with Crippen molar-refractivity contribution < 1.29 is 9.90 Å². The number of aliphatic hydroxyl groups is 1. The summed E-state index contributed by atoms with van der Waals surface area (Å²) >= 11 is 0. The van der Waals surface area contributed by atoms with Gasteiger partial charge in [-0.1, -0.05) is 12.6 Å². The normalized spacial score (nSPS) is 14.8. The quantitative estimate of drug-likeness (QED) is 0.335. The van der Waals surface area contributed by atoms with E-state index in [1.807, 2.05) is 0 Å². The fourth-order valence-corrected chi connectivity index (χ4v) is 4.62.